The largest absolute Gasteiger partial charge is 0.339 e. The summed E-state index contributed by atoms with van der Waals surface area (Å²) in [5.41, 5.74) is 1.35. The van der Waals surface area contributed by atoms with Crippen molar-refractivity contribution in [3.8, 4) is 0 Å². The molecule has 4 nitrogen and oxygen atoms in total. The first-order valence-corrected chi connectivity index (χ1v) is 13.6. The SMILES string of the molecule is CSc1ccccc1C(=O)N1CCC([C@@H](Cc2ccccc2F)N(C)C(=O)c2cccs2)CC1. The van der Waals surface area contributed by atoms with Crippen LogP contribution in [0.15, 0.2) is 70.9 Å². The van der Waals surface area contributed by atoms with E-state index >= 15 is 0 Å². The molecular formula is C27H29FN2O2S2. The van der Waals surface area contributed by atoms with Crippen LogP contribution in [0.25, 0.3) is 0 Å². The van der Waals surface area contributed by atoms with Gasteiger partial charge in [0.05, 0.1) is 10.4 Å². The fraction of sp³-hybridized carbons (Fsp3) is 0.333. The summed E-state index contributed by atoms with van der Waals surface area (Å²) >= 11 is 2.99. The summed E-state index contributed by atoms with van der Waals surface area (Å²) in [5, 5.41) is 1.89. The van der Waals surface area contributed by atoms with E-state index in [1.165, 1.54) is 17.4 Å². The molecule has 3 aromatic rings. The van der Waals surface area contributed by atoms with Gasteiger partial charge in [-0.1, -0.05) is 36.4 Å². The lowest BCUT2D eigenvalue weighted by Gasteiger charge is -2.40. The molecule has 1 aromatic heterocycles. The first kappa shape index (κ1) is 24.5. The van der Waals surface area contributed by atoms with Crippen LogP contribution in [-0.4, -0.2) is 54.0 Å². The number of likely N-dealkylation sites (N-methyl/N-ethyl adjacent to an activating group) is 1. The van der Waals surface area contributed by atoms with E-state index in [-0.39, 0.29) is 29.6 Å². The van der Waals surface area contributed by atoms with Crippen molar-refractivity contribution in [2.45, 2.75) is 30.2 Å². The molecule has 2 aromatic carbocycles. The van der Waals surface area contributed by atoms with Crippen LogP contribution >= 0.6 is 23.1 Å². The first-order chi connectivity index (χ1) is 16.5. The smallest absolute Gasteiger partial charge is 0.263 e. The quantitative estimate of drug-likeness (QED) is 0.386. The zero-order valence-electron chi connectivity index (χ0n) is 19.4. The van der Waals surface area contributed by atoms with Crippen molar-refractivity contribution in [3.05, 3.63) is 87.9 Å². The third kappa shape index (κ3) is 5.36. The van der Waals surface area contributed by atoms with Gasteiger partial charge >= 0.3 is 0 Å². The highest BCUT2D eigenvalue weighted by molar-refractivity contribution is 7.98. The lowest BCUT2D eigenvalue weighted by atomic mass is 9.84. The molecule has 0 radical (unpaired) electrons. The number of rotatable bonds is 7. The molecule has 1 fully saturated rings. The molecule has 1 aliphatic rings. The van der Waals surface area contributed by atoms with Crippen LogP contribution in [-0.2, 0) is 6.42 Å². The normalized spacial score (nSPS) is 15.2. The van der Waals surface area contributed by atoms with Crippen molar-refractivity contribution < 1.29 is 14.0 Å². The topological polar surface area (TPSA) is 40.6 Å². The fourth-order valence-corrected chi connectivity index (χ4v) is 6.01. The average Bonchev–Trinajstić information content (AvgIpc) is 3.42. The number of carbonyl (C=O) groups is 2. The Bertz CT molecular complexity index is 1130. The molecule has 0 saturated carbocycles. The zero-order chi connectivity index (χ0) is 24.1. The molecule has 34 heavy (non-hydrogen) atoms. The third-order valence-corrected chi connectivity index (χ3v) is 8.30. The molecular weight excluding hydrogens is 467 g/mol. The van der Waals surface area contributed by atoms with E-state index in [0.717, 1.165) is 23.3 Å². The third-order valence-electron chi connectivity index (χ3n) is 6.65. The summed E-state index contributed by atoms with van der Waals surface area (Å²) in [7, 11) is 1.82. The van der Waals surface area contributed by atoms with Gasteiger partial charge in [-0.3, -0.25) is 9.59 Å². The Hall–Kier alpha value is -2.64. The zero-order valence-corrected chi connectivity index (χ0v) is 21.1. The summed E-state index contributed by atoms with van der Waals surface area (Å²) < 4.78 is 14.5. The van der Waals surface area contributed by atoms with E-state index < -0.39 is 0 Å². The van der Waals surface area contributed by atoms with Crippen molar-refractivity contribution in [2.75, 3.05) is 26.4 Å². The maximum atomic E-state index is 14.5. The maximum absolute atomic E-state index is 14.5. The van der Waals surface area contributed by atoms with Crippen molar-refractivity contribution >= 4 is 34.9 Å². The maximum Gasteiger partial charge on any atom is 0.263 e. The van der Waals surface area contributed by atoms with E-state index in [0.29, 0.717) is 30.0 Å². The second-order valence-electron chi connectivity index (χ2n) is 8.59. The summed E-state index contributed by atoms with van der Waals surface area (Å²) in [6.07, 6.45) is 3.98. The van der Waals surface area contributed by atoms with E-state index in [1.807, 2.05) is 66.0 Å². The number of carbonyl (C=O) groups excluding carboxylic acids is 2. The minimum Gasteiger partial charge on any atom is -0.339 e. The number of benzene rings is 2. The molecule has 2 amide bonds. The van der Waals surface area contributed by atoms with Gasteiger partial charge in [0, 0.05) is 31.1 Å². The van der Waals surface area contributed by atoms with Crippen LogP contribution in [0.5, 0.6) is 0 Å². The van der Waals surface area contributed by atoms with Gasteiger partial charge in [0.2, 0.25) is 0 Å². The number of piperidine rings is 1. The molecule has 0 bridgehead atoms. The van der Waals surface area contributed by atoms with Gasteiger partial charge in [-0.05, 0) is 66.6 Å². The number of hydrogen-bond donors (Lipinski definition) is 0. The van der Waals surface area contributed by atoms with E-state index in [9.17, 15) is 14.0 Å². The van der Waals surface area contributed by atoms with Crippen LogP contribution in [0, 0.1) is 11.7 Å². The standard InChI is InChI=1S/C27H29FN2O2S2/c1-29(27(32)25-12-7-17-34-25)23(18-20-8-3-5-10-22(20)28)19-13-15-30(16-14-19)26(31)21-9-4-6-11-24(21)33-2/h3-12,17,19,23H,13-16,18H2,1-2H3/t23-/m1/s1. The lowest BCUT2D eigenvalue weighted by Crippen LogP contribution is -2.48. The molecule has 0 aliphatic carbocycles. The Labute approximate surface area is 208 Å². The number of hydrogen-bond acceptors (Lipinski definition) is 4. The molecule has 2 heterocycles. The van der Waals surface area contributed by atoms with Gasteiger partial charge in [-0.15, -0.1) is 23.1 Å². The Morgan fingerprint density at radius 3 is 2.47 bits per heavy atom. The highest BCUT2D eigenvalue weighted by Gasteiger charge is 2.34. The monoisotopic (exact) mass is 496 g/mol. The van der Waals surface area contributed by atoms with Crippen molar-refractivity contribution in [2.24, 2.45) is 5.92 Å². The van der Waals surface area contributed by atoms with Crippen LogP contribution in [0.3, 0.4) is 0 Å². The Kier molecular flexibility index (Phi) is 8.06. The van der Waals surface area contributed by atoms with Crippen LogP contribution in [0.2, 0.25) is 0 Å². The van der Waals surface area contributed by atoms with E-state index in [4.69, 9.17) is 0 Å². The summed E-state index contributed by atoms with van der Waals surface area (Å²) in [5.74, 6) is -0.0556. The van der Waals surface area contributed by atoms with Gasteiger partial charge in [0.1, 0.15) is 5.82 Å². The minimum absolute atomic E-state index is 0.0382. The fourth-order valence-electron chi connectivity index (χ4n) is 4.71. The summed E-state index contributed by atoms with van der Waals surface area (Å²) in [6, 6.07) is 18.0. The van der Waals surface area contributed by atoms with Crippen LogP contribution in [0.1, 0.15) is 38.4 Å². The molecule has 1 saturated heterocycles. The molecule has 1 aliphatic heterocycles. The number of thioether (sulfide) groups is 1. The molecule has 0 spiro atoms. The summed E-state index contributed by atoms with van der Waals surface area (Å²) in [4.78, 5) is 31.7. The van der Waals surface area contributed by atoms with E-state index in [2.05, 4.69) is 0 Å². The minimum atomic E-state index is -0.245. The van der Waals surface area contributed by atoms with E-state index in [1.54, 1.807) is 28.8 Å². The van der Waals surface area contributed by atoms with Gasteiger partial charge < -0.3 is 9.80 Å². The van der Waals surface area contributed by atoms with Crippen LogP contribution < -0.4 is 0 Å². The second kappa shape index (κ2) is 11.2. The number of likely N-dealkylation sites (tertiary alicyclic amines) is 1. The Morgan fingerprint density at radius 1 is 1.09 bits per heavy atom. The lowest BCUT2D eigenvalue weighted by molar-refractivity contribution is 0.0522. The van der Waals surface area contributed by atoms with Gasteiger partial charge in [0.15, 0.2) is 0 Å². The van der Waals surface area contributed by atoms with Crippen LogP contribution in [0.4, 0.5) is 4.39 Å². The van der Waals surface area contributed by atoms with Crippen molar-refractivity contribution in [3.63, 3.8) is 0 Å². The van der Waals surface area contributed by atoms with Gasteiger partial charge in [0.25, 0.3) is 11.8 Å². The molecule has 7 heteroatoms. The van der Waals surface area contributed by atoms with Gasteiger partial charge in [-0.2, -0.15) is 0 Å². The Morgan fingerprint density at radius 2 is 1.79 bits per heavy atom. The number of nitrogens with zero attached hydrogens (tertiary/aromatic N) is 2. The predicted molar refractivity (Wildman–Crippen MR) is 137 cm³/mol. The van der Waals surface area contributed by atoms with Crippen molar-refractivity contribution in [1.82, 2.24) is 9.80 Å². The molecule has 178 valence electrons. The molecule has 1 atom stereocenters. The average molecular weight is 497 g/mol. The number of amides is 2. The number of halogens is 1. The van der Waals surface area contributed by atoms with Gasteiger partial charge in [-0.25, -0.2) is 4.39 Å². The second-order valence-corrected chi connectivity index (χ2v) is 10.4. The highest BCUT2D eigenvalue weighted by atomic mass is 32.2. The molecule has 0 unspecified atom stereocenters. The first-order valence-electron chi connectivity index (χ1n) is 11.5. The molecule has 4 rings (SSSR count). The van der Waals surface area contributed by atoms with Crippen molar-refractivity contribution in [1.29, 1.82) is 0 Å². The summed E-state index contributed by atoms with van der Waals surface area (Å²) in [6.45, 7) is 1.25. The predicted octanol–water partition coefficient (Wildman–Crippen LogP) is 5.84. The number of thiophene rings is 1. The Balaban J connectivity index is 1.51. The highest BCUT2D eigenvalue weighted by Crippen LogP contribution is 2.30. The molecule has 0 N–H and O–H groups in total.